The Hall–Kier alpha value is -0.340. The Kier molecular flexibility index (Phi) is 4.63. The summed E-state index contributed by atoms with van der Waals surface area (Å²) in [4.78, 5) is 0. The fourth-order valence-electron chi connectivity index (χ4n) is 2.92. The quantitative estimate of drug-likeness (QED) is 0.850. The highest BCUT2D eigenvalue weighted by Crippen LogP contribution is 2.29. The Morgan fingerprint density at radius 2 is 2.18 bits per heavy atom. The maximum atomic E-state index is 3.81. The molecule has 4 atom stereocenters. The zero-order valence-corrected chi connectivity index (χ0v) is 12.1. The van der Waals surface area contributed by atoms with Crippen LogP contribution in [0.1, 0.15) is 45.6 Å². The number of rotatable bonds is 4. The van der Waals surface area contributed by atoms with E-state index in [1.165, 1.54) is 31.2 Å². The topological polar surface area (TPSA) is 12.0 Å². The molecule has 0 aromatic carbocycles. The Bertz CT molecular complexity index is 320. The molecule has 4 unspecified atom stereocenters. The van der Waals surface area contributed by atoms with Gasteiger partial charge in [-0.3, -0.25) is 0 Å². The second-order valence-corrected chi connectivity index (χ2v) is 6.65. The van der Waals surface area contributed by atoms with Crippen LogP contribution in [-0.4, -0.2) is 12.1 Å². The van der Waals surface area contributed by atoms with Crippen LogP contribution in [0.3, 0.4) is 0 Å². The van der Waals surface area contributed by atoms with Crippen molar-refractivity contribution in [2.45, 2.75) is 58.5 Å². The first kappa shape index (κ1) is 13.1. The van der Waals surface area contributed by atoms with Gasteiger partial charge in [-0.05, 0) is 66.8 Å². The summed E-state index contributed by atoms with van der Waals surface area (Å²) in [6.45, 7) is 7.12. The first-order valence-electron chi connectivity index (χ1n) is 6.92. The maximum absolute atomic E-state index is 3.81. The Morgan fingerprint density at radius 1 is 1.35 bits per heavy atom. The SMILES string of the molecule is CC(Cc1ccsc1)NC1CCC(C)C(C)C1. The molecule has 0 bridgehead atoms. The van der Waals surface area contributed by atoms with Crippen molar-refractivity contribution >= 4 is 11.3 Å². The average Bonchev–Trinajstić information content (AvgIpc) is 2.76. The van der Waals surface area contributed by atoms with Crippen LogP contribution in [0.2, 0.25) is 0 Å². The van der Waals surface area contributed by atoms with Crippen LogP contribution in [0, 0.1) is 11.8 Å². The minimum Gasteiger partial charge on any atom is -0.311 e. The first-order chi connectivity index (χ1) is 8.15. The monoisotopic (exact) mass is 251 g/mol. The standard InChI is InChI=1S/C15H25NS/c1-11-4-5-15(8-12(11)2)16-13(3)9-14-6-7-17-10-14/h6-7,10-13,15-16H,4-5,8-9H2,1-3H3. The number of nitrogens with one attached hydrogen (secondary N) is 1. The zero-order chi connectivity index (χ0) is 12.3. The lowest BCUT2D eigenvalue weighted by Gasteiger charge is -2.34. The molecule has 1 nitrogen and oxygen atoms in total. The van der Waals surface area contributed by atoms with Crippen LogP contribution in [0.5, 0.6) is 0 Å². The molecule has 1 heterocycles. The molecule has 1 aliphatic rings. The van der Waals surface area contributed by atoms with Crippen LogP contribution >= 0.6 is 11.3 Å². The van der Waals surface area contributed by atoms with Crippen LogP contribution in [0.25, 0.3) is 0 Å². The summed E-state index contributed by atoms with van der Waals surface area (Å²) in [6, 6.07) is 3.60. The second kappa shape index (κ2) is 6.01. The summed E-state index contributed by atoms with van der Waals surface area (Å²) in [5, 5.41) is 8.25. The highest BCUT2D eigenvalue weighted by atomic mass is 32.1. The van der Waals surface area contributed by atoms with Gasteiger partial charge in [0, 0.05) is 12.1 Å². The summed E-state index contributed by atoms with van der Waals surface area (Å²) in [6.07, 6.45) is 5.28. The maximum Gasteiger partial charge on any atom is 0.00820 e. The van der Waals surface area contributed by atoms with E-state index in [0.29, 0.717) is 6.04 Å². The number of hydrogen-bond donors (Lipinski definition) is 1. The number of thiophene rings is 1. The van der Waals surface area contributed by atoms with E-state index in [1.54, 1.807) is 11.3 Å². The van der Waals surface area contributed by atoms with Crippen LogP contribution < -0.4 is 5.32 Å². The molecule has 2 rings (SSSR count). The molecule has 0 saturated heterocycles. The molecule has 0 aliphatic heterocycles. The molecular weight excluding hydrogens is 226 g/mol. The van der Waals surface area contributed by atoms with E-state index in [2.05, 4.69) is 42.9 Å². The molecule has 1 saturated carbocycles. The third kappa shape index (κ3) is 3.82. The third-order valence-electron chi connectivity index (χ3n) is 4.24. The summed E-state index contributed by atoms with van der Waals surface area (Å²) in [5.41, 5.74) is 1.48. The molecule has 1 aromatic rings. The van der Waals surface area contributed by atoms with Gasteiger partial charge in [0.2, 0.25) is 0 Å². The van der Waals surface area contributed by atoms with Gasteiger partial charge in [-0.25, -0.2) is 0 Å². The molecule has 2 heteroatoms. The van der Waals surface area contributed by atoms with E-state index in [0.717, 1.165) is 17.9 Å². The normalized spacial score (nSPS) is 31.4. The first-order valence-corrected chi connectivity index (χ1v) is 7.86. The minimum absolute atomic E-state index is 0.607. The number of hydrogen-bond acceptors (Lipinski definition) is 2. The molecule has 0 amide bonds. The predicted molar refractivity (Wildman–Crippen MR) is 76.6 cm³/mol. The highest BCUT2D eigenvalue weighted by Gasteiger charge is 2.25. The fraction of sp³-hybridized carbons (Fsp3) is 0.733. The molecule has 17 heavy (non-hydrogen) atoms. The van der Waals surface area contributed by atoms with E-state index in [4.69, 9.17) is 0 Å². The van der Waals surface area contributed by atoms with Gasteiger partial charge < -0.3 is 5.32 Å². The lowest BCUT2D eigenvalue weighted by molar-refractivity contribution is 0.217. The van der Waals surface area contributed by atoms with Gasteiger partial charge in [-0.15, -0.1) is 0 Å². The van der Waals surface area contributed by atoms with E-state index < -0.39 is 0 Å². The highest BCUT2D eigenvalue weighted by molar-refractivity contribution is 7.07. The Labute approximate surface area is 110 Å². The fourth-order valence-corrected chi connectivity index (χ4v) is 3.60. The molecule has 1 aliphatic carbocycles. The van der Waals surface area contributed by atoms with Gasteiger partial charge in [0.25, 0.3) is 0 Å². The zero-order valence-electron chi connectivity index (χ0n) is 11.3. The molecule has 1 N–H and O–H groups in total. The molecule has 1 fully saturated rings. The molecule has 0 radical (unpaired) electrons. The van der Waals surface area contributed by atoms with E-state index in [1.807, 2.05) is 0 Å². The van der Waals surface area contributed by atoms with E-state index in [-0.39, 0.29) is 0 Å². The second-order valence-electron chi connectivity index (χ2n) is 5.87. The summed E-state index contributed by atoms with van der Waals surface area (Å²) >= 11 is 1.80. The van der Waals surface area contributed by atoms with Gasteiger partial charge in [0.1, 0.15) is 0 Å². The lowest BCUT2D eigenvalue weighted by atomic mass is 9.79. The van der Waals surface area contributed by atoms with Crippen molar-refractivity contribution in [1.29, 1.82) is 0 Å². The van der Waals surface area contributed by atoms with Crippen LogP contribution in [0.4, 0.5) is 0 Å². The van der Waals surface area contributed by atoms with Crippen LogP contribution in [0.15, 0.2) is 16.8 Å². The Morgan fingerprint density at radius 3 is 2.82 bits per heavy atom. The third-order valence-corrected chi connectivity index (χ3v) is 4.97. The predicted octanol–water partition coefficient (Wildman–Crippen LogP) is 4.09. The van der Waals surface area contributed by atoms with Crippen molar-refractivity contribution in [2.75, 3.05) is 0 Å². The van der Waals surface area contributed by atoms with Crippen molar-refractivity contribution in [3.63, 3.8) is 0 Å². The van der Waals surface area contributed by atoms with Crippen molar-refractivity contribution in [3.05, 3.63) is 22.4 Å². The summed E-state index contributed by atoms with van der Waals surface area (Å²) in [5.74, 6) is 1.80. The van der Waals surface area contributed by atoms with Crippen molar-refractivity contribution < 1.29 is 0 Å². The summed E-state index contributed by atoms with van der Waals surface area (Å²) in [7, 11) is 0. The largest absolute Gasteiger partial charge is 0.311 e. The minimum atomic E-state index is 0.607. The van der Waals surface area contributed by atoms with E-state index in [9.17, 15) is 0 Å². The van der Waals surface area contributed by atoms with Gasteiger partial charge in [-0.1, -0.05) is 13.8 Å². The average molecular weight is 251 g/mol. The van der Waals surface area contributed by atoms with Crippen molar-refractivity contribution in [2.24, 2.45) is 11.8 Å². The smallest absolute Gasteiger partial charge is 0.00820 e. The van der Waals surface area contributed by atoms with Gasteiger partial charge in [0.05, 0.1) is 0 Å². The molecule has 0 spiro atoms. The molecular formula is C15H25NS. The lowest BCUT2D eigenvalue weighted by Crippen LogP contribution is -2.41. The van der Waals surface area contributed by atoms with Crippen molar-refractivity contribution in [1.82, 2.24) is 5.32 Å². The van der Waals surface area contributed by atoms with Gasteiger partial charge >= 0.3 is 0 Å². The van der Waals surface area contributed by atoms with Gasteiger partial charge in [-0.2, -0.15) is 11.3 Å². The van der Waals surface area contributed by atoms with Crippen molar-refractivity contribution in [3.8, 4) is 0 Å². The Balaban J connectivity index is 1.77. The van der Waals surface area contributed by atoms with Crippen LogP contribution in [-0.2, 0) is 6.42 Å². The summed E-state index contributed by atoms with van der Waals surface area (Å²) < 4.78 is 0. The van der Waals surface area contributed by atoms with E-state index >= 15 is 0 Å². The van der Waals surface area contributed by atoms with Gasteiger partial charge in [0.15, 0.2) is 0 Å². The molecule has 1 aromatic heterocycles. The molecule has 96 valence electrons.